The van der Waals surface area contributed by atoms with Crippen LogP contribution < -0.4 is 4.74 Å². The number of aromatic carboxylic acids is 1. The van der Waals surface area contributed by atoms with Crippen LogP contribution in [-0.2, 0) is 6.18 Å². The molecule has 0 fully saturated rings. The second kappa shape index (κ2) is 7.17. The van der Waals surface area contributed by atoms with Gasteiger partial charge in [-0.3, -0.25) is 0 Å². The highest BCUT2D eigenvalue weighted by Gasteiger charge is 2.35. The fourth-order valence-corrected chi connectivity index (χ4v) is 1.72. The van der Waals surface area contributed by atoms with Crippen molar-refractivity contribution in [3.05, 3.63) is 29.3 Å². The monoisotopic (exact) mass is 290 g/mol. The maximum absolute atomic E-state index is 12.8. The molecule has 0 aliphatic heterocycles. The highest BCUT2D eigenvalue weighted by molar-refractivity contribution is 5.88. The molecule has 0 saturated heterocycles. The van der Waals surface area contributed by atoms with Gasteiger partial charge in [-0.05, 0) is 24.6 Å². The van der Waals surface area contributed by atoms with Crippen LogP contribution in [0.1, 0.15) is 48.5 Å². The minimum Gasteiger partial charge on any atom is -0.493 e. The second-order valence-electron chi connectivity index (χ2n) is 4.42. The number of alkyl halides is 3. The van der Waals surface area contributed by atoms with Crippen molar-refractivity contribution in [3.63, 3.8) is 0 Å². The molecule has 0 aromatic heterocycles. The molecule has 1 rings (SSSR count). The van der Waals surface area contributed by atoms with Crippen molar-refractivity contribution in [2.75, 3.05) is 6.61 Å². The number of carboxylic acids is 1. The van der Waals surface area contributed by atoms with Crippen LogP contribution in [0.25, 0.3) is 0 Å². The Morgan fingerprint density at radius 2 is 1.95 bits per heavy atom. The van der Waals surface area contributed by atoms with Crippen molar-refractivity contribution in [1.29, 1.82) is 0 Å². The third-order valence-electron chi connectivity index (χ3n) is 2.79. The Balaban J connectivity index is 2.81. The highest BCUT2D eigenvalue weighted by Crippen LogP contribution is 2.37. The summed E-state index contributed by atoms with van der Waals surface area (Å²) >= 11 is 0. The van der Waals surface area contributed by atoms with Crippen molar-refractivity contribution in [1.82, 2.24) is 0 Å². The van der Waals surface area contributed by atoms with Gasteiger partial charge in [-0.2, -0.15) is 13.2 Å². The highest BCUT2D eigenvalue weighted by atomic mass is 19.4. The zero-order valence-electron chi connectivity index (χ0n) is 11.2. The van der Waals surface area contributed by atoms with E-state index in [-0.39, 0.29) is 12.4 Å². The first-order valence-corrected chi connectivity index (χ1v) is 6.43. The molecule has 0 bridgehead atoms. The van der Waals surface area contributed by atoms with Gasteiger partial charge >= 0.3 is 12.1 Å². The SMILES string of the molecule is CCCCCCOc1ccc(C(=O)O)cc1C(F)(F)F. The molecule has 1 aromatic rings. The topological polar surface area (TPSA) is 46.5 Å². The predicted octanol–water partition coefficient (Wildman–Crippen LogP) is 4.36. The fraction of sp³-hybridized carbons (Fsp3) is 0.500. The number of hydrogen-bond donors (Lipinski definition) is 1. The van der Waals surface area contributed by atoms with Crippen LogP contribution in [0.5, 0.6) is 5.75 Å². The number of carboxylic acid groups (broad SMARTS) is 1. The van der Waals surface area contributed by atoms with Gasteiger partial charge in [-0.25, -0.2) is 4.79 Å². The molecule has 6 heteroatoms. The minimum atomic E-state index is -4.63. The standard InChI is InChI=1S/C14H17F3O3/c1-2-3-4-5-8-20-12-7-6-10(13(18)19)9-11(12)14(15,16)17/h6-7,9H,2-5,8H2,1H3,(H,18,19). The number of ether oxygens (including phenoxy) is 1. The lowest BCUT2D eigenvalue weighted by molar-refractivity contribution is -0.139. The van der Waals surface area contributed by atoms with Crippen LogP contribution in [0.4, 0.5) is 13.2 Å². The van der Waals surface area contributed by atoms with Crippen molar-refractivity contribution in [3.8, 4) is 5.75 Å². The lowest BCUT2D eigenvalue weighted by Crippen LogP contribution is -2.11. The van der Waals surface area contributed by atoms with E-state index in [9.17, 15) is 18.0 Å². The van der Waals surface area contributed by atoms with Crippen LogP contribution >= 0.6 is 0 Å². The Bertz CT molecular complexity index is 455. The molecule has 3 nitrogen and oxygen atoms in total. The maximum Gasteiger partial charge on any atom is 0.419 e. The van der Waals surface area contributed by atoms with E-state index < -0.39 is 23.3 Å². The molecule has 0 saturated carbocycles. The van der Waals surface area contributed by atoms with Gasteiger partial charge in [-0.15, -0.1) is 0 Å². The van der Waals surface area contributed by atoms with E-state index >= 15 is 0 Å². The predicted molar refractivity (Wildman–Crippen MR) is 68.0 cm³/mol. The van der Waals surface area contributed by atoms with Gasteiger partial charge in [0, 0.05) is 0 Å². The maximum atomic E-state index is 12.8. The Kier molecular flexibility index (Phi) is 5.85. The van der Waals surface area contributed by atoms with Gasteiger partial charge in [0.05, 0.1) is 17.7 Å². The normalized spacial score (nSPS) is 11.4. The first-order valence-electron chi connectivity index (χ1n) is 6.43. The summed E-state index contributed by atoms with van der Waals surface area (Å²) in [7, 11) is 0. The molecule has 1 aromatic carbocycles. The van der Waals surface area contributed by atoms with E-state index in [1.807, 2.05) is 6.92 Å². The number of unbranched alkanes of at least 4 members (excludes halogenated alkanes) is 3. The summed E-state index contributed by atoms with van der Waals surface area (Å²) in [5, 5.41) is 8.73. The van der Waals surface area contributed by atoms with Crippen LogP contribution in [0.2, 0.25) is 0 Å². The quantitative estimate of drug-likeness (QED) is 0.759. The molecule has 0 radical (unpaired) electrons. The average Bonchev–Trinajstić information content (AvgIpc) is 2.37. The van der Waals surface area contributed by atoms with Crippen molar-refractivity contribution in [2.24, 2.45) is 0 Å². The molecule has 0 aliphatic carbocycles. The molecule has 0 atom stereocenters. The molecule has 0 unspecified atom stereocenters. The molecular formula is C14H17F3O3. The molecule has 1 N–H and O–H groups in total. The summed E-state index contributed by atoms with van der Waals surface area (Å²) in [6.07, 6.45) is -1.03. The Hall–Kier alpha value is -1.72. The van der Waals surface area contributed by atoms with E-state index in [0.717, 1.165) is 31.4 Å². The summed E-state index contributed by atoms with van der Waals surface area (Å²) in [6, 6.07) is 2.77. The van der Waals surface area contributed by atoms with Crippen LogP contribution in [0, 0.1) is 0 Å². The van der Waals surface area contributed by atoms with Crippen LogP contribution in [0.3, 0.4) is 0 Å². The lowest BCUT2D eigenvalue weighted by Gasteiger charge is -2.14. The number of halogens is 3. The molecule has 0 amide bonds. The van der Waals surface area contributed by atoms with E-state index in [0.29, 0.717) is 12.5 Å². The van der Waals surface area contributed by atoms with Gasteiger partial charge in [0.25, 0.3) is 0 Å². The minimum absolute atomic E-state index is 0.190. The van der Waals surface area contributed by atoms with E-state index in [4.69, 9.17) is 9.84 Å². The molecule has 112 valence electrons. The summed E-state index contributed by atoms with van der Waals surface area (Å²) in [4.78, 5) is 10.7. The Morgan fingerprint density at radius 3 is 2.50 bits per heavy atom. The molecule has 0 spiro atoms. The number of carbonyl (C=O) groups is 1. The van der Waals surface area contributed by atoms with E-state index in [2.05, 4.69) is 0 Å². The molecule has 0 heterocycles. The molecule has 20 heavy (non-hydrogen) atoms. The van der Waals surface area contributed by atoms with Crippen molar-refractivity contribution in [2.45, 2.75) is 38.8 Å². The summed E-state index contributed by atoms with van der Waals surface area (Å²) < 4.78 is 43.7. The van der Waals surface area contributed by atoms with E-state index in [1.54, 1.807) is 0 Å². The first kappa shape index (κ1) is 16.3. The van der Waals surface area contributed by atoms with Gasteiger partial charge < -0.3 is 9.84 Å². The summed E-state index contributed by atoms with van der Waals surface area (Å²) in [6.45, 7) is 2.22. The third-order valence-corrected chi connectivity index (χ3v) is 2.79. The van der Waals surface area contributed by atoms with Crippen LogP contribution in [0.15, 0.2) is 18.2 Å². The molecular weight excluding hydrogens is 273 g/mol. The zero-order chi connectivity index (χ0) is 15.2. The second-order valence-corrected chi connectivity index (χ2v) is 4.42. The van der Waals surface area contributed by atoms with E-state index in [1.165, 1.54) is 0 Å². The lowest BCUT2D eigenvalue weighted by atomic mass is 10.1. The van der Waals surface area contributed by atoms with Gasteiger partial charge in [0.15, 0.2) is 0 Å². The number of benzene rings is 1. The average molecular weight is 290 g/mol. The smallest absolute Gasteiger partial charge is 0.419 e. The van der Waals surface area contributed by atoms with Crippen molar-refractivity contribution >= 4 is 5.97 Å². The van der Waals surface area contributed by atoms with Gasteiger partial charge in [0.1, 0.15) is 5.75 Å². The zero-order valence-corrected chi connectivity index (χ0v) is 11.2. The first-order chi connectivity index (χ1) is 9.36. The number of hydrogen-bond acceptors (Lipinski definition) is 2. The number of rotatable bonds is 7. The third kappa shape index (κ3) is 4.75. The summed E-state index contributed by atoms with van der Waals surface area (Å²) in [5.74, 6) is -1.72. The van der Waals surface area contributed by atoms with Crippen molar-refractivity contribution < 1.29 is 27.8 Å². The Morgan fingerprint density at radius 1 is 1.25 bits per heavy atom. The Labute approximate surface area is 115 Å². The van der Waals surface area contributed by atoms with Gasteiger partial charge in [0.2, 0.25) is 0 Å². The van der Waals surface area contributed by atoms with Gasteiger partial charge in [-0.1, -0.05) is 26.2 Å². The largest absolute Gasteiger partial charge is 0.493 e. The summed E-state index contributed by atoms with van der Waals surface area (Å²) in [5.41, 5.74) is -1.46. The fourth-order valence-electron chi connectivity index (χ4n) is 1.72. The van der Waals surface area contributed by atoms with Crippen LogP contribution in [-0.4, -0.2) is 17.7 Å². The molecule has 0 aliphatic rings.